The van der Waals surface area contributed by atoms with Gasteiger partial charge >= 0.3 is 21.6 Å². The predicted octanol–water partition coefficient (Wildman–Crippen LogP) is 2.36. The summed E-state index contributed by atoms with van der Waals surface area (Å²) in [5.74, 6) is -2.21. The Hall–Kier alpha value is -1.68. The molecular weight excluding hydrogens is 341 g/mol. The molecule has 0 aromatic heterocycles. The van der Waals surface area contributed by atoms with Gasteiger partial charge in [0.25, 0.3) is 0 Å². The molecule has 21 heavy (non-hydrogen) atoms. The molecule has 11 heteroatoms. The van der Waals surface area contributed by atoms with Crippen LogP contribution in [0.2, 0.25) is 5.02 Å². The molecule has 0 fully saturated rings. The highest BCUT2D eigenvalue weighted by Gasteiger charge is 2.49. The third-order valence-corrected chi connectivity index (χ3v) is 3.36. The number of methoxy groups -OCH3 is 2. The van der Waals surface area contributed by atoms with Crippen molar-refractivity contribution in [2.75, 3.05) is 14.2 Å². The van der Waals surface area contributed by atoms with Crippen molar-refractivity contribution in [2.24, 2.45) is 0 Å². The summed E-state index contributed by atoms with van der Waals surface area (Å²) in [5.41, 5.74) is -5.79. The van der Waals surface area contributed by atoms with Crippen molar-refractivity contribution in [3.8, 4) is 11.5 Å². The maximum absolute atomic E-state index is 12.3. The highest BCUT2D eigenvalue weighted by Crippen LogP contribution is 2.39. The van der Waals surface area contributed by atoms with E-state index in [0.717, 1.165) is 26.4 Å². The first-order valence-electron chi connectivity index (χ1n) is 5.00. The molecule has 118 valence electrons. The maximum atomic E-state index is 12.3. The second-order valence-electron chi connectivity index (χ2n) is 3.46. The molecular formula is C10H8ClF3O6S. The SMILES string of the molecule is COC(=O)c1cc(Cl)c(OS(=O)(=O)C(F)(F)F)c(OC)c1. The number of carbonyl (C=O) groups excluding carboxylic acids is 1. The molecule has 0 spiro atoms. The van der Waals surface area contributed by atoms with Gasteiger partial charge in [0.15, 0.2) is 5.75 Å². The molecule has 0 heterocycles. The number of hydrogen-bond acceptors (Lipinski definition) is 6. The van der Waals surface area contributed by atoms with Crippen LogP contribution in [-0.4, -0.2) is 34.1 Å². The van der Waals surface area contributed by atoms with Gasteiger partial charge in [0, 0.05) is 0 Å². The van der Waals surface area contributed by atoms with Gasteiger partial charge in [0.2, 0.25) is 5.75 Å². The van der Waals surface area contributed by atoms with Crippen molar-refractivity contribution in [3.05, 3.63) is 22.7 Å². The second-order valence-corrected chi connectivity index (χ2v) is 5.41. The largest absolute Gasteiger partial charge is 0.534 e. The fourth-order valence-corrected chi connectivity index (χ4v) is 1.97. The van der Waals surface area contributed by atoms with Crippen LogP contribution in [0.4, 0.5) is 13.2 Å². The summed E-state index contributed by atoms with van der Waals surface area (Å²) in [6, 6.07) is 1.82. The van der Waals surface area contributed by atoms with E-state index in [0.29, 0.717) is 0 Å². The molecule has 1 rings (SSSR count). The Morgan fingerprint density at radius 1 is 1.24 bits per heavy atom. The summed E-state index contributed by atoms with van der Waals surface area (Å²) in [7, 11) is -3.83. The topological polar surface area (TPSA) is 78.9 Å². The van der Waals surface area contributed by atoms with E-state index >= 15 is 0 Å². The molecule has 0 saturated heterocycles. The van der Waals surface area contributed by atoms with Crippen molar-refractivity contribution in [1.29, 1.82) is 0 Å². The molecule has 6 nitrogen and oxygen atoms in total. The van der Waals surface area contributed by atoms with Gasteiger partial charge in [-0.3, -0.25) is 0 Å². The van der Waals surface area contributed by atoms with E-state index in [1.54, 1.807) is 0 Å². The maximum Gasteiger partial charge on any atom is 0.534 e. The van der Waals surface area contributed by atoms with Crippen LogP contribution in [0.15, 0.2) is 12.1 Å². The quantitative estimate of drug-likeness (QED) is 0.472. The Kier molecular flexibility index (Phi) is 4.95. The molecule has 1 aromatic rings. The minimum Gasteiger partial charge on any atom is -0.493 e. The predicted molar refractivity (Wildman–Crippen MR) is 64.9 cm³/mol. The lowest BCUT2D eigenvalue weighted by molar-refractivity contribution is -0.0500. The summed E-state index contributed by atoms with van der Waals surface area (Å²) in [5, 5.41) is -0.567. The smallest absolute Gasteiger partial charge is 0.493 e. The number of alkyl halides is 3. The molecule has 0 aliphatic carbocycles. The lowest BCUT2D eigenvalue weighted by atomic mass is 10.2. The van der Waals surface area contributed by atoms with E-state index in [2.05, 4.69) is 13.7 Å². The van der Waals surface area contributed by atoms with Crippen molar-refractivity contribution in [2.45, 2.75) is 5.51 Å². The zero-order valence-electron chi connectivity index (χ0n) is 10.5. The lowest BCUT2D eigenvalue weighted by Gasteiger charge is -2.14. The highest BCUT2D eigenvalue weighted by molar-refractivity contribution is 7.88. The summed E-state index contributed by atoms with van der Waals surface area (Å²) < 4.78 is 71.8. The third-order valence-electron chi connectivity index (χ3n) is 2.13. The molecule has 0 aliphatic heterocycles. The Balaban J connectivity index is 3.36. The Labute approximate surface area is 122 Å². The van der Waals surface area contributed by atoms with Gasteiger partial charge in [-0.25, -0.2) is 4.79 Å². The van der Waals surface area contributed by atoms with Gasteiger partial charge in [-0.15, -0.1) is 0 Å². The first-order chi connectivity index (χ1) is 9.53. The fraction of sp³-hybridized carbons (Fsp3) is 0.300. The number of esters is 1. The van der Waals surface area contributed by atoms with Gasteiger partial charge in [-0.1, -0.05) is 11.6 Å². The van der Waals surface area contributed by atoms with Crippen LogP contribution >= 0.6 is 11.6 Å². The average Bonchev–Trinajstić information content (AvgIpc) is 2.38. The van der Waals surface area contributed by atoms with Crippen LogP contribution in [0.1, 0.15) is 10.4 Å². The van der Waals surface area contributed by atoms with Gasteiger partial charge in [-0.2, -0.15) is 21.6 Å². The van der Waals surface area contributed by atoms with E-state index in [-0.39, 0.29) is 5.56 Å². The number of halogens is 4. The van der Waals surface area contributed by atoms with Crippen LogP contribution in [-0.2, 0) is 14.9 Å². The summed E-state index contributed by atoms with van der Waals surface area (Å²) in [4.78, 5) is 11.3. The van der Waals surface area contributed by atoms with Crippen molar-refractivity contribution in [3.63, 3.8) is 0 Å². The van der Waals surface area contributed by atoms with E-state index in [4.69, 9.17) is 11.6 Å². The number of rotatable bonds is 4. The number of ether oxygens (including phenoxy) is 2. The van der Waals surface area contributed by atoms with E-state index in [9.17, 15) is 26.4 Å². The number of benzene rings is 1. The van der Waals surface area contributed by atoms with Crippen LogP contribution in [0, 0.1) is 0 Å². The first-order valence-corrected chi connectivity index (χ1v) is 6.78. The fourth-order valence-electron chi connectivity index (χ4n) is 1.19. The molecule has 0 saturated carbocycles. The standard InChI is InChI=1S/C10H8ClF3O6S/c1-18-7-4-5(9(15)19-2)3-6(11)8(7)20-21(16,17)10(12,13)14/h3-4H,1-2H3. The average molecular weight is 349 g/mol. The van der Waals surface area contributed by atoms with Crippen molar-refractivity contribution < 1.29 is 40.0 Å². The molecule has 1 aromatic carbocycles. The van der Waals surface area contributed by atoms with Crippen LogP contribution in [0.3, 0.4) is 0 Å². The van der Waals surface area contributed by atoms with Crippen LogP contribution in [0.25, 0.3) is 0 Å². The highest BCUT2D eigenvalue weighted by atomic mass is 35.5. The molecule has 0 unspecified atom stereocenters. The Bertz CT molecular complexity index is 655. The molecule has 0 radical (unpaired) electrons. The molecule has 0 N–H and O–H groups in total. The van der Waals surface area contributed by atoms with Gasteiger partial charge < -0.3 is 13.7 Å². The Morgan fingerprint density at radius 2 is 1.81 bits per heavy atom. The summed E-state index contributed by atoms with van der Waals surface area (Å²) in [6.07, 6.45) is 0. The van der Waals surface area contributed by atoms with Gasteiger partial charge in [0.05, 0.1) is 24.8 Å². The molecule has 0 bridgehead atoms. The minimum absolute atomic E-state index is 0.156. The lowest BCUT2D eigenvalue weighted by Crippen LogP contribution is -2.28. The van der Waals surface area contributed by atoms with E-state index in [1.165, 1.54) is 0 Å². The normalized spacial score (nSPS) is 11.9. The first kappa shape index (κ1) is 17.4. The zero-order chi connectivity index (χ0) is 16.4. The summed E-state index contributed by atoms with van der Waals surface area (Å²) >= 11 is 5.63. The third kappa shape index (κ3) is 3.70. The molecule has 0 atom stereocenters. The number of hydrogen-bond donors (Lipinski definition) is 0. The number of carbonyl (C=O) groups is 1. The van der Waals surface area contributed by atoms with E-state index in [1.807, 2.05) is 0 Å². The summed E-state index contributed by atoms with van der Waals surface area (Å²) in [6.45, 7) is 0. The van der Waals surface area contributed by atoms with Crippen molar-refractivity contribution in [1.82, 2.24) is 0 Å². The van der Waals surface area contributed by atoms with Crippen LogP contribution < -0.4 is 8.92 Å². The molecule has 0 amide bonds. The van der Waals surface area contributed by atoms with Crippen LogP contribution in [0.5, 0.6) is 11.5 Å². The molecule has 0 aliphatic rings. The minimum atomic E-state index is -5.93. The van der Waals surface area contributed by atoms with Gasteiger partial charge in [0.1, 0.15) is 0 Å². The monoisotopic (exact) mass is 348 g/mol. The second kappa shape index (κ2) is 5.98. The Morgan fingerprint density at radius 3 is 2.24 bits per heavy atom. The van der Waals surface area contributed by atoms with E-state index < -0.39 is 38.1 Å². The van der Waals surface area contributed by atoms with Crippen molar-refractivity contribution >= 4 is 27.7 Å². The zero-order valence-corrected chi connectivity index (χ0v) is 12.1. The van der Waals surface area contributed by atoms with Gasteiger partial charge in [-0.05, 0) is 12.1 Å².